The van der Waals surface area contributed by atoms with Gasteiger partial charge in [-0.15, -0.1) is 11.3 Å². The molecule has 0 saturated carbocycles. The molecule has 0 radical (unpaired) electrons. The molecule has 0 atom stereocenters. The number of rotatable bonds is 4. The molecule has 1 amide bonds. The van der Waals surface area contributed by atoms with E-state index in [1.54, 1.807) is 4.90 Å². The van der Waals surface area contributed by atoms with E-state index in [9.17, 15) is 4.79 Å². The Bertz CT molecular complexity index is 707. The number of aromatic nitrogens is 1. The number of thiazole rings is 1. The molecule has 130 valence electrons. The maximum absolute atomic E-state index is 12.6. The van der Waals surface area contributed by atoms with E-state index in [-0.39, 0.29) is 6.09 Å². The Hall–Kier alpha value is -1.40. The van der Waals surface area contributed by atoms with Gasteiger partial charge >= 0.3 is 6.09 Å². The molecular formula is C18H23BrN2O2S. The van der Waals surface area contributed by atoms with Gasteiger partial charge in [-0.05, 0) is 38.8 Å². The smallest absolute Gasteiger partial charge is 0.416 e. The van der Waals surface area contributed by atoms with Crippen molar-refractivity contribution in [1.82, 2.24) is 4.98 Å². The highest BCUT2D eigenvalue weighted by Crippen LogP contribution is 2.30. The fraction of sp³-hybridized carbons (Fsp3) is 0.444. The first kappa shape index (κ1) is 18.9. The van der Waals surface area contributed by atoms with Gasteiger partial charge in [-0.3, -0.25) is 4.90 Å². The number of carbonyl (C=O) groups is 1. The predicted molar refractivity (Wildman–Crippen MR) is 104 cm³/mol. The third-order valence-electron chi connectivity index (χ3n) is 3.00. The van der Waals surface area contributed by atoms with Crippen LogP contribution in [0.25, 0.3) is 11.3 Å². The predicted octanol–water partition coefficient (Wildman–Crippen LogP) is 5.97. The van der Waals surface area contributed by atoms with Gasteiger partial charge in [0, 0.05) is 22.0 Å². The number of hydrogen-bond acceptors (Lipinski definition) is 4. The largest absolute Gasteiger partial charge is 0.443 e. The van der Waals surface area contributed by atoms with Crippen LogP contribution in [0.5, 0.6) is 0 Å². The van der Waals surface area contributed by atoms with Crippen LogP contribution in [-0.2, 0) is 4.74 Å². The van der Waals surface area contributed by atoms with E-state index in [1.807, 2.05) is 50.4 Å². The first-order chi connectivity index (χ1) is 11.2. The first-order valence-electron chi connectivity index (χ1n) is 7.87. The molecule has 0 aliphatic carbocycles. The summed E-state index contributed by atoms with van der Waals surface area (Å²) >= 11 is 4.93. The molecule has 1 heterocycles. The Morgan fingerprint density at radius 2 is 2.08 bits per heavy atom. The van der Waals surface area contributed by atoms with Gasteiger partial charge in [0.1, 0.15) is 5.60 Å². The van der Waals surface area contributed by atoms with E-state index in [0.29, 0.717) is 17.6 Å². The van der Waals surface area contributed by atoms with Gasteiger partial charge in [0.25, 0.3) is 0 Å². The van der Waals surface area contributed by atoms with Gasteiger partial charge < -0.3 is 4.74 Å². The zero-order valence-electron chi connectivity index (χ0n) is 14.7. The van der Waals surface area contributed by atoms with Crippen molar-refractivity contribution >= 4 is 38.5 Å². The summed E-state index contributed by atoms with van der Waals surface area (Å²) in [6.45, 7) is 10.3. The van der Waals surface area contributed by atoms with Crippen molar-refractivity contribution in [2.24, 2.45) is 5.92 Å². The third-order valence-corrected chi connectivity index (χ3v) is 4.36. The zero-order chi connectivity index (χ0) is 17.9. The number of halogens is 1. The van der Waals surface area contributed by atoms with Crippen molar-refractivity contribution in [3.05, 3.63) is 34.1 Å². The van der Waals surface area contributed by atoms with Gasteiger partial charge in [-0.25, -0.2) is 9.78 Å². The Kier molecular flexibility index (Phi) is 6.04. The topological polar surface area (TPSA) is 42.4 Å². The maximum atomic E-state index is 12.6. The lowest BCUT2D eigenvalue weighted by Crippen LogP contribution is -2.39. The van der Waals surface area contributed by atoms with Crippen LogP contribution in [0, 0.1) is 5.92 Å². The van der Waals surface area contributed by atoms with Crippen LogP contribution in [-0.4, -0.2) is 23.2 Å². The molecule has 0 fully saturated rings. The molecule has 2 rings (SSSR count). The number of benzene rings is 1. The molecule has 2 aromatic rings. The molecule has 4 nitrogen and oxygen atoms in total. The normalized spacial score (nSPS) is 11.6. The van der Waals surface area contributed by atoms with E-state index < -0.39 is 5.60 Å². The van der Waals surface area contributed by atoms with Crippen LogP contribution in [0.4, 0.5) is 9.93 Å². The molecule has 0 unspecified atom stereocenters. The lowest BCUT2D eigenvalue weighted by molar-refractivity contribution is 0.0576. The van der Waals surface area contributed by atoms with Gasteiger partial charge in [0.15, 0.2) is 5.13 Å². The Labute approximate surface area is 156 Å². The summed E-state index contributed by atoms with van der Waals surface area (Å²) in [5.41, 5.74) is 1.34. The average Bonchev–Trinajstić information content (AvgIpc) is 2.92. The second-order valence-electron chi connectivity index (χ2n) is 7.01. The average molecular weight is 411 g/mol. The van der Waals surface area contributed by atoms with Crippen LogP contribution in [0.1, 0.15) is 34.6 Å². The van der Waals surface area contributed by atoms with Gasteiger partial charge in [-0.2, -0.15) is 0 Å². The molecule has 1 aromatic heterocycles. The van der Waals surface area contributed by atoms with Crippen molar-refractivity contribution in [2.75, 3.05) is 11.4 Å². The lowest BCUT2D eigenvalue weighted by Gasteiger charge is -2.26. The van der Waals surface area contributed by atoms with Gasteiger partial charge in [0.05, 0.1) is 5.69 Å². The van der Waals surface area contributed by atoms with E-state index in [2.05, 4.69) is 34.8 Å². The molecule has 0 aliphatic heterocycles. The van der Waals surface area contributed by atoms with E-state index in [0.717, 1.165) is 15.7 Å². The molecule has 6 heteroatoms. The summed E-state index contributed by atoms with van der Waals surface area (Å²) in [6.07, 6.45) is -0.355. The van der Waals surface area contributed by atoms with Crippen molar-refractivity contribution in [3.63, 3.8) is 0 Å². The summed E-state index contributed by atoms with van der Waals surface area (Å²) in [7, 11) is 0. The molecule has 24 heavy (non-hydrogen) atoms. The van der Waals surface area contributed by atoms with Crippen LogP contribution in [0.2, 0.25) is 0 Å². The fourth-order valence-electron chi connectivity index (χ4n) is 2.08. The van der Waals surface area contributed by atoms with Crippen LogP contribution < -0.4 is 4.90 Å². The standard InChI is InChI=1S/C18H23BrN2O2S/c1-12(2)10-21(17(22)23-18(3,4)5)16-20-15(11-24-16)13-7-6-8-14(19)9-13/h6-9,11-12H,10H2,1-5H3. The van der Waals surface area contributed by atoms with Crippen molar-refractivity contribution in [3.8, 4) is 11.3 Å². The maximum Gasteiger partial charge on any atom is 0.416 e. The highest BCUT2D eigenvalue weighted by molar-refractivity contribution is 9.10. The zero-order valence-corrected chi connectivity index (χ0v) is 17.1. The minimum Gasteiger partial charge on any atom is -0.443 e. The Balaban J connectivity index is 2.29. The molecule has 0 aliphatic rings. The van der Waals surface area contributed by atoms with Gasteiger partial charge in [-0.1, -0.05) is 41.9 Å². The Morgan fingerprint density at radius 3 is 2.67 bits per heavy atom. The van der Waals surface area contributed by atoms with Crippen molar-refractivity contribution in [2.45, 2.75) is 40.2 Å². The molecule has 0 spiro atoms. The number of ether oxygens (including phenoxy) is 1. The summed E-state index contributed by atoms with van der Waals surface area (Å²) in [4.78, 5) is 18.8. The highest BCUT2D eigenvalue weighted by atomic mass is 79.9. The van der Waals surface area contributed by atoms with Gasteiger partial charge in [0.2, 0.25) is 0 Å². The minimum atomic E-state index is -0.531. The summed E-state index contributed by atoms with van der Waals surface area (Å²) in [5, 5.41) is 2.63. The number of nitrogens with zero attached hydrogens (tertiary/aromatic N) is 2. The number of carbonyl (C=O) groups excluding carboxylic acids is 1. The fourth-order valence-corrected chi connectivity index (χ4v) is 3.31. The second-order valence-corrected chi connectivity index (χ2v) is 8.76. The van der Waals surface area contributed by atoms with E-state index >= 15 is 0 Å². The highest BCUT2D eigenvalue weighted by Gasteiger charge is 2.26. The molecular weight excluding hydrogens is 388 g/mol. The van der Waals surface area contributed by atoms with Crippen LogP contribution in [0.15, 0.2) is 34.1 Å². The third kappa shape index (κ3) is 5.31. The minimum absolute atomic E-state index is 0.315. The molecule has 0 N–H and O–H groups in total. The van der Waals surface area contributed by atoms with E-state index in [1.165, 1.54) is 11.3 Å². The number of hydrogen-bond donors (Lipinski definition) is 0. The summed E-state index contributed by atoms with van der Waals surface area (Å²) < 4.78 is 6.54. The van der Waals surface area contributed by atoms with Crippen molar-refractivity contribution < 1.29 is 9.53 Å². The number of anilines is 1. The summed E-state index contributed by atoms with van der Waals surface area (Å²) in [6, 6.07) is 7.96. The monoisotopic (exact) mass is 410 g/mol. The lowest BCUT2D eigenvalue weighted by atomic mass is 10.2. The van der Waals surface area contributed by atoms with Crippen LogP contribution in [0.3, 0.4) is 0 Å². The first-order valence-corrected chi connectivity index (χ1v) is 9.55. The van der Waals surface area contributed by atoms with E-state index in [4.69, 9.17) is 4.74 Å². The summed E-state index contributed by atoms with van der Waals surface area (Å²) in [5.74, 6) is 0.315. The SMILES string of the molecule is CC(C)CN(C(=O)OC(C)(C)C)c1nc(-c2cccc(Br)c2)cs1. The quantitative estimate of drug-likeness (QED) is 0.623. The van der Waals surface area contributed by atoms with Crippen LogP contribution >= 0.6 is 27.3 Å². The molecule has 0 bridgehead atoms. The Morgan fingerprint density at radius 1 is 1.38 bits per heavy atom. The molecule has 1 aromatic carbocycles. The number of amides is 1. The molecule has 0 saturated heterocycles. The second kappa shape index (κ2) is 7.66. The van der Waals surface area contributed by atoms with Crippen molar-refractivity contribution in [1.29, 1.82) is 0 Å².